The molecule has 4 rings (SSSR count). The molecular formula is C24H42O3. The Balaban J connectivity index is 1.84. The van der Waals surface area contributed by atoms with E-state index in [0.29, 0.717) is 24.2 Å². The lowest BCUT2D eigenvalue weighted by Gasteiger charge is -2.59. The number of carbonyl (C=O) groups excluding carboxylic acids is 1. The van der Waals surface area contributed by atoms with Crippen molar-refractivity contribution in [1.29, 1.82) is 0 Å². The van der Waals surface area contributed by atoms with E-state index in [1.165, 1.54) is 6.42 Å². The molecule has 4 fully saturated rings. The van der Waals surface area contributed by atoms with Crippen LogP contribution < -0.4 is 0 Å². The van der Waals surface area contributed by atoms with Gasteiger partial charge in [-0.3, -0.25) is 4.79 Å². The number of esters is 1. The van der Waals surface area contributed by atoms with Crippen molar-refractivity contribution >= 4 is 5.97 Å². The summed E-state index contributed by atoms with van der Waals surface area (Å²) in [5, 5.41) is 11.0. The molecule has 0 heterocycles. The molecule has 0 amide bonds. The Hall–Kier alpha value is -0.570. The molecule has 3 nitrogen and oxygen atoms in total. The molecule has 4 aliphatic rings. The Morgan fingerprint density at radius 1 is 1.15 bits per heavy atom. The number of aliphatic hydroxyl groups is 1. The molecular weight excluding hydrogens is 336 g/mol. The van der Waals surface area contributed by atoms with E-state index >= 15 is 0 Å². The van der Waals surface area contributed by atoms with Gasteiger partial charge in [-0.1, -0.05) is 47.5 Å². The Kier molecular flexibility index (Phi) is 5.51. The molecule has 1 N–H and O–H groups in total. The molecule has 4 saturated carbocycles. The highest BCUT2D eigenvalue weighted by atomic mass is 16.6. The lowest BCUT2D eigenvalue weighted by Crippen LogP contribution is -2.60. The lowest BCUT2D eigenvalue weighted by molar-refractivity contribution is -0.217. The van der Waals surface area contributed by atoms with Gasteiger partial charge in [0, 0.05) is 5.41 Å². The van der Waals surface area contributed by atoms with Crippen LogP contribution in [-0.2, 0) is 9.53 Å². The molecule has 0 aromatic carbocycles. The van der Waals surface area contributed by atoms with Gasteiger partial charge in [-0.05, 0) is 76.0 Å². The normalized spacial score (nSPS) is 38.5. The maximum Gasteiger partial charge on any atom is 0.312 e. The Labute approximate surface area is 166 Å². The third-order valence-corrected chi connectivity index (χ3v) is 8.52. The second-order valence-corrected chi connectivity index (χ2v) is 11.4. The monoisotopic (exact) mass is 378 g/mol. The first-order valence-electron chi connectivity index (χ1n) is 11.4. The van der Waals surface area contributed by atoms with Crippen LogP contribution in [-0.4, -0.2) is 22.3 Å². The first-order chi connectivity index (χ1) is 12.5. The predicted octanol–water partition coefficient (Wildman–Crippen LogP) is 5.88. The summed E-state index contributed by atoms with van der Waals surface area (Å²) in [5.74, 6) is 1.53. The van der Waals surface area contributed by atoms with Crippen molar-refractivity contribution in [2.24, 2.45) is 28.6 Å². The zero-order valence-electron chi connectivity index (χ0n) is 18.6. The van der Waals surface area contributed by atoms with Crippen LogP contribution in [0.25, 0.3) is 0 Å². The van der Waals surface area contributed by atoms with Gasteiger partial charge >= 0.3 is 5.97 Å². The van der Waals surface area contributed by atoms with Crippen LogP contribution in [0.2, 0.25) is 0 Å². The van der Waals surface area contributed by atoms with Crippen LogP contribution in [0.15, 0.2) is 0 Å². The molecule has 0 spiro atoms. The second-order valence-electron chi connectivity index (χ2n) is 11.4. The molecule has 0 aromatic rings. The van der Waals surface area contributed by atoms with Gasteiger partial charge in [0.05, 0.1) is 11.0 Å². The summed E-state index contributed by atoms with van der Waals surface area (Å²) in [6.07, 6.45) is 9.62. The molecule has 0 saturated heterocycles. The van der Waals surface area contributed by atoms with Crippen molar-refractivity contribution in [3.05, 3.63) is 0 Å². The first kappa shape index (κ1) is 21.1. The second kappa shape index (κ2) is 7.04. The molecule has 4 aliphatic carbocycles. The van der Waals surface area contributed by atoms with Crippen molar-refractivity contribution in [3.63, 3.8) is 0 Å². The Bertz CT molecular complexity index is 552. The van der Waals surface area contributed by atoms with Crippen LogP contribution in [0.3, 0.4) is 0 Å². The van der Waals surface area contributed by atoms with Crippen molar-refractivity contribution < 1.29 is 14.6 Å². The SMILES string of the molecule is CCCC(C)(C)C(C)(CC(C)CC)OC(=O)C12CC3CC(CC(O)(C3)C1)C2. The molecule has 4 unspecified atom stereocenters. The molecule has 0 aromatic heterocycles. The molecule has 156 valence electrons. The highest BCUT2D eigenvalue weighted by Crippen LogP contribution is 2.62. The molecule has 3 heteroatoms. The van der Waals surface area contributed by atoms with Crippen LogP contribution in [0.5, 0.6) is 0 Å². The quantitative estimate of drug-likeness (QED) is 0.536. The van der Waals surface area contributed by atoms with E-state index in [-0.39, 0.29) is 11.4 Å². The number of rotatable bonds is 8. The number of hydrogen-bond donors (Lipinski definition) is 1. The summed E-state index contributed by atoms with van der Waals surface area (Å²) >= 11 is 0. The smallest absolute Gasteiger partial charge is 0.312 e. The highest BCUT2D eigenvalue weighted by molar-refractivity contribution is 5.78. The zero-order valence-corrected chi connectivity index (χ0v) is 18.6. The third-order valence-electron chi connectivity index (χ3n) is 8.52. The first-order valence-corrected chi connectivity index (χ1v) is 11.4. The lowest BCUT2D eigenvalue weighted by atomic mass is 9.48. The fraction of sp³-hybridized carbons (Fsp3) is 0.958. The third kappa shape index (κ3) is 3.82. The number of hydrogen-bond acceptors (Lipinski definition) is 3. The summed E-state index contributed by atoms with van der Waals surface area (Å²) in [4.78, 5) is 13.6. The van der Waals surface area contributed by atoms with Gasteiger partial charge in [0.25, 0.3) is 0 Å². The summed E-state index contributed by atoms with van der Waals surface area (Å²) < 4.78 is 6.51. The minimum Gasteiger partial charge on any atom is -0.458 e. The van der Waals surface area contributed by atoms with Gasteiger partial charge in [-0.2, -0.15) is 0 Å². The average Bonchev–Trinajstić information content (AvgIpc) is 2.52. The number of carbonyl (C=O) groups is 1. The van der Waals surface area contributed by atoms with Gasteiger partial charge in [0.15, 0.2) is 0 Å². The minimum absolute atomic E-state index is 0.00925. The fourth-order valence-corrected chi connectivity index (χ4v) is 6.92. The van der Waals surface area contributed by atoms with Gasteiger partial charge < -0.3 is 9.84 Å². The van der Waals surface area contributed by atoms with Crippen molar-refractivity contribution in [2.75, 3.05) is 0 Å². The van der Waals surface area contributed by atoms with Crippen LogP contribution in [0.1, 0.15) is 106 Å². The van der Waals surface area contributed by atoms with Crippen molar-refractivity contribution in [3.8, 4) is 0 Å². The molecule has 4 bridgehead atoms. The van der Waals surface area contributed by atoms with E-state index in [9.17, 15) is 9.90 Å². The Morgan fingerprint density at radius 3 is 2.22 bits per heavy atom. The van der Waals surface area contributed by atoms with E-state index < -0.39 is 16.6 Å². The summed E-state index contributed by atoms with van der Waals surface area (Å²) in [7, 11) is 0. The van der Waals surface area contributed by atoms with Crippen LogP contribution in [0.4, 0.5) is 0 Å². The predicted molar refractivity (Wildman–Crippen MR) is 109 cm³/mol. The highest BCUT2D eigenvalue weighted by Gasteiger charge is 2.62. The average molecular weight is 379 g/mol. The Morgan fingerprint density at radius 2 is 1.74 bits per heavy atom. The van der Waals surface area contributed by atoms with Crippen molar-refractivity contribution in [1.82, 2.24) is 0 Å². The van der Waals surface area contributed by atoms with Crippen molar-refractivity contribution in [2.45, 2.75) is 117 Å². The van der Waals surface area contributed by atoms with Gasteiger partial charge in [0.2, 0.25) is 0 Å². The van der Waals surface area contributed by atoms with E-state index in [4.69, 9.17) is 4.74 Å². The van der Waals surface area contributed by atoms with E-state index in [1.807, 2.05) is 0 Å². The topological polar surface area (TPSA) is 46.5 Å². The van der Waals surface area contributed by atoms with Crippen LogP contribution >= 0.6 is 0 Å². The fourth-order valence-electron chi connectivity index (χ4n) is 6.92. The minimum atomic E-state index is -0.616. The number of ether oxygens (including phenoxy) is 1. The van der Waals surface area contributed by atoms with E-state index in [0.717, 1.165) is 51.4 Å². The largest absolute Gasteiger partial charge is 0.458 e. The van der Waals surface area contributed by atoms with Gasteiger partial charge in [0.1, 0.15) is 5.60 Å². The summed E-state index contributed by atoms with van der Waals surface area (Å²) in [5.41, 5.74) is -1.56. The van der Waals surface area contributed by atoms with Gasteiger partial charge in [-0.25, -0.2) is 0 Å². The molecule has 4 atom stereocenters. The molecule has 0 radical (unpaired) electrons. The molecule has 27 heavy (non-hydrogen) atoms. The van der Waals surface area contributed by atoms with Gasteiger partial charge in [-0.15, -0.1) is 0 Å². The standard InChI is InChI=1S/C24H42O3/c1-7-9-21(4,5)22(6,11-17(3)8-2)27-20(25)23-12-18-10-19(13-23)15-24(26,14-18)16-23/h17-19,26H,7-16H2,1-6H3. The molecule has 0 aliphatic heterocycles. The summed E-state index contributed by atoms with van der Waals surface area (Å²) in [6, 6.07) is 0. The maximum atomic E-state index is 13.6. The zero-order chi connectivity index (χ0) is 20.1. The maximum absolute atomic E-state index is 13.6. The van der Waals surface area contributed by atoms with E-state index in [1.54, 1.807) is 0 Å². The van der Waals surface area contributed by atoms with E-state index in [2.05, 4.69) is 41.5 Å². The summed E-state index contributed by atoms with van der Waals surface area (Å²) in [6.45, 7) is 13.4. The van der Waals surface area contributed by atoms with Crippen LogP contribution in [0, 0.1) is 28.6 Å².